The highest BCUT2D eigenvalue weighted by Gasteiger charge is 2.24. The average Bonchev–Trinajstić information content (AvgIpc) is 3.02. The molecule has 144 valence electrons. The van der Waals surface area contributed by atoms with Crippen LogP contribution in [0.3, 0.4) is 0 Å². The molecule has 5 heteroatoms. The third-order valence-corrected chi connectivity index (χ3v) is 5.29. The molecule has 5 nitrogen and oxygen atoms in total. The number of hydrogen-bond acceptors (Lipinski definition) is 4. The number of ketones is 2. The van der Waals surface area contributed by atoms with E-state index in [0.717, 1.165) is 35.2 Å². The molecule has 0 spiro atoms. The Balaban J connectivity index is 1.67. The maximum absolute atomic E-state index is 13.2. The highest BCUT2D eigenvalue weighted by Crippen LogP contribution is 2.33. The molecule has 28 heavy (non-hydrogen) atoms. The predicted octanol–water partition coefficient (Wildman–Crippen LogP) is 3.32. The Kier molecular flexibility index (Phi) is 5.37. The molecule has 2 aromatic carbocycles. The van der Waals surface area contributed by atoms with Gasteiger partial charge < -0.3 is 9.30 Å². The van der Waals surface area contributed by atoms with Crippen LogP contribution < -0.4 is 0 Å². The molecule has 1 saturated heterocycles. The highest BCUT2D eigenvalue weighted by molar-refractivity contribution is 6.18. The van der Waals surface area contributed by atoms with Gasteiger partial charge in [0, 0.05) is 31.0 Å². The maximum Gasteiger partial charge on any atom is 0.173 e. The SMILES string of the molecule is Cn1c(-c2ccccc2)c(C(=O)CC(=O)CN2CCOCC2)c2ccccc21. The highest BCUT2D eigenvalue weighted by atomic mass is 16.5. The van der Waals surface area contributed by atoms with Crippen LogP contribution in [0.4, 0.5) is 0 Å². The van der Waals surface area contributed by atoms with Crippen molar-refractivity contribution in [2.24, 2.45) is 7.05 Å². The van der Waals surface area contributed by atoms with Crippen molar-refractivity contribution in [2.75, 3.05) is 32.8 Å². The largest absolute Gasteiger partial charge is 0.379 e. The molecule has 0 atom stereocenters. The number of aromatic nitrogens is 1. The molecule has 0 amide bonds. The fraction of sp³-hybridized carbons (Fsp3) is 0.304. The number of benzene rings is 2. The Labute approximate surface area is 164 Å². The molecular formula is C23H24N2O3. The molecular weight excluding hydrogens is 352 g/mol. The van der Waals surface area contributed by atoms with E-state index in [-0.39, 0.29) is 18.0 Å². The van der Waals surface area contributed by atoms with E-state index in [1.807, 2.05) is 66.2 Å². The first-order chi connectivity index (χ1) is 13.6. The molecule has 0 bridgehead atoms. The number of fused-ring (bicyclic) bond motifs is 1. The van der Waals surface area contributed by atoms with Gasteiger partial charge in [0.25, 0.3) is 0 Å². The van der Waals surface area contributed by atoms with Crippen molar-refractivity contribution in [3.8, 4) is 11.3 Å². The Morgan fingerprint density at radius 2 is 1.64 bits per heavy atom. The number of hydrogen-bond donors (Lipinski definition) is 0. The number of para-hydroxylation sites is 1. The fourth-order valence-electron chi connectivity index (χ4n) is 3.94. The number of Topliss-reactive ketones (excluding diaryl/α,β-unsaturated/α-hetero) is 2. The number of rotatable bonds is 6. The molecule has 1 aliphatic rings. The van der Waals surface area contributed by atoms with Crippen molar-refractivity contribution in [1.82, 2.24) is 9.47 Å². The molecule has 1 aliphatic heterocycles. The zero-order valence-electron chi connectivity index (χ0n) is 16.1. The third kappa shape index (κ3) is 3.63. The standard InChI is InChI=1S/C23H24N2O3/c1-24-20-10-6-5-9-19(20)22(23(24)17-7-3-2-4-8-17)21(27)15-18(26)16-25-11-13-28-14-12-25/h2-10H,11-16H2,1H3. The molecule has 0 unspecified atom stereocenters. The molecule has 3 aromatic rings. The van der Waals surface area contributed by atoms with Crippen molar-refractivity contribution >= 4 is 22.5 Å². The lowest BCUT2D eigenvalue weighted by atomic mass is 9.98. The van der Waals surface area contributed by atoms with E-state index in [9.17, 15) is 9.59 Å². The van der Waals surface area contributed by atoms with E-state index in [1.54, 1.807) is 0 Å². The average molecular weight is 376 g/mol. The van der Waals surface area contributed by atoms with Gasteiger partial charge in [-0.05, 0) is 11.6 Å². The predicted molar refractivity (Wildman–Crippen MR) is 110 cm³/mol. The first kappa shape index (κ1) is 18.6. The fourth-order valence-corrected chi connectivity index (χ4v) is 3.94. The van der Waals surface area contributed by atoms with Crippen molar-refractivity contribution in [2.45, 2.75) is 6.42 Å². The Bertz CT molecular complexity index is 1000. The number of aryl methyl sites for hydroxylation is 1. The van der Waals surface area contributed by atoms with Gasteiger partial charge in [-0.3, -0.25) is 14.5 Å². The summed E-state index contributed by atoms with van der Waals surface area (Å²) in [6, 6.07) is 17.8. The molecule has 0 aliphatic carbocycles. The number of ether oxygens (including phenoxy) is 1. The number of carbonyl (C=O) groups is 2. The molecule has 0 radical (unpaired) electrons. The smallest absolute Gasteiger partial charge is 0.173 e. The van der Waals surface area contributed by atoms with Crippen LogP contribution in [0, 0.1) is 0 Å². The van der Waals surface area contributed by atoms with Gasteiger partial charge in [-0.1, -0.05) is 48.5 Å². The van der Waals surface area contributed by atoms with Crippen molar-refractivity contribution in [1.29, 1.82) is 0 Å². The monoisotopic (exact) mass is 376 g/mol. The number of morpholine rings is 1. The first-order valence-electron chi connectivity index (χ1n) is 9.63. The van der Waals surface area contributed by atoms with Crippen LogP contribution in [0.2, 0.25) is 0 Å². The van der Waals surface area contributed by atoms with E-state index >= 15 is 0 Å². The summed E-state index contributed by atoms with van der Waals surface area (Å²) in [5.74, 6) is -0.159. The van der Waals surface area contributed by atoms with Gasteiger partial charge in [-0.2, -0.15) is 0 Å². The van der Waals surface area contributed by atoms with Crippen LogP contribution >= 0.6 is 0 Å². The van der Waals surface area contributed by atoms with Gasteiger partial charge in [0.1, 0.15) is 0 Å². The van der Waals surface area contributed by atoms with Crippen LogP contribution in [0.5, 0.6) is 0 Å². The first-order valence-corrected chi connectivity index (χ1v) is 9.63. The Hall–Kier alpha value is -2.76. The quantitative estimate of drug-likeness (QED) is 0.489. The normalized spacial score (nSPS) is 15.0. The van der Waals surface area contributed by atoms with E-state index in [1.165, 1.54) is 0 Å². The molecule has 4 rings (SSSR count). The van der Waals surface area contributed by atoms with E-state index in [0.29, 0.717) is 25.3 Å². The molecule has 1 fully saturated rings. The van der Waals surface area contributed by atoms with Crippen molar-refractivity contribution < 1.29 is 14.3 Å². The lowest BCUT2D eigenvalue weighted by molar-refractivity contribution is -0.120. The van der Waals surface area contributed by atoms with Gasteiger partial charge in [0.2, 0.25) is 0 Å². The van der Waals surface area contributed by atoms with Crippen LogP contribution in [-0.2, 0) is 16.6 Å². The molecule has 0 saturated carbocycles. The van der Waals surface area contributed by atoms with Crippen LogP contribution in [-0.4, -0.2) is 53.9 Å². The van der Waals surface area contributed by atoms with Crippen LogP contribution in [0.25, 0.3) is 22.2 Å². The maximum atomic E-state index is 13.2. The summed E-state index contributed by atoms with van der Waals surface area (Å²) < 4.78 is 7.37. The van der Waals surface area contributed by atoms with Crippen LogP contribution in [0.1, 0.15) is 16.8 Å². The lowest BCUT2D eigenvalue weighted by Gasteiger charge is -2.25. The zero-order chi connectivity index (χ0) is 19.5. The van der Waals surface area contributed by atoms with Gasteiger partial charge in [-0.25, -0.2) is 0 Å². The van der Waals surface area contributed by atoms with E-state index in [4.69, 9.17) is 4.74 Å². The van der Waals surface area contributed by atoms with Crippen LogP contribution in [0.15, 0.2) is 54.6 Å². The van der Waals surface area contributed by atoms with Crippen molar-refractivity contribution in [3.63, 3.8) is 0 Å². The van der Waals surface area contributed by atoms with E-state index < -0.39 is 0 Å². The minimum atomic E-state index is -0.117. The Morgan fingerprint density at radius 3 is 2.39 bits per heavy atom. The second-order valence-electron chi connectivity index (χ2n) is 7.19. The van der Waals surface area contributed by atoms with E-state index in [2.05, 4.69) is 4.90 Å². The Morgan fingerprint density at radius 1 is 0.964 bits per heavy atom. The number of nitrogens with zero attached hydrogens (tertiary/aromatic N) is 2. The lowest BCUT2D eigenvalue weighted by Crippen LogP contribution is -2.39. The van der Waals surface area contributed by atoms with Crippen molar-refractivity contribution in [3.05, 3.63) is 60.2 Å². The molecule has 1 aromatic heterocycles. The minimum absolute atomic E-state index is 0.0427. The summed E-state index contributed by atoms with van der Waals surface area (Å²) in [6.07, 6.45) is -0.0782. The summed E-state index contributed by atoms with van der Waals surface area (Å²) in [5, 5.41) is 0.896. The second kappa shape index (κ2) is 8.09. The molecule has 2 heterocycles. The minimum Gasteiger partial charge on any atom is -0.379 e. The molecule has 0 N–H and O–H groups in total. The zero-order valence-corrected chi connectivity index (χ0v) is 16.1. The summed E-state index contributed by atoms with van der Waals surface area (Å²) in [4.78, 5) is 27.9. The number of carbonyl (C=O) groups excluding carboxylic acids is 2. The second-order valence-corrected chi connectivity index (χ2v) is 7.19. The third-order valence-electron chi connectivity index (χ3n) is 5.29. The summed E-state index contributed by atoms with van der Waals surface area (Å²) in [5.41, 5.74) is 3.47. The van der Waals surface area contributed by atoms with Gasteiger partial charge in [0.05, 0.1) is 37.4 Å². The van der Waals surface area contributed by atoms with Gasteiger partial charge in [-0.15, -0.1) is 0 Å². The summed E-state index contributed by atoms with van der Waals surface area (Å²) in [7, 11) is 1.97. The van der Waals surface area contributed by atoms with Gasteiger partial charge in [0.15, 0.2) is 11.6 Å². The summed E-state index contributed by atoms with van der Waals surface area (Å²) in [6.45, 7) is 3.07. The van der Waals surface area contributed by atoms with Gasteiger partial charge >= 0.3 is 0 Å². The topological polar surface area (TPSA) is 51.5 Å². The summed E-state index contributed by atoms with van der Waals surface area (Å²) >= 11 is 0.